The monoisotopic (exact) mass is 368 g/mol. The van der Waals surface area contributed by atoms with Gasteiger partial charge in [-0.1, -0.05) is 0 Å². The molecule has 2 aliphatic rings. The fourth-order valence-corrected chi connectivity index (χ4v) is 4.16. The summed E-state index contributed by atoms with van der Waals surface area (Å²) in [6, 6.07) is 2.35. The van der Waals surface area contributed by atoms with Crippen LogP contribution >= 0.6 is 0 Å². The molecule has 2 aliphatic carbocycles. The van der Waals surface area contributed by atoms with Crippen LogP contribution in [0.2, 0.25) is 0 Å². The molecule has 0 saturated heterocycles. The lowest BCUT2D eigenvalue weighted by Gasteiger charge is -2.30. The maximum absolute atomic E-state index is 12.2. The Morgan fingerprint density at radius 3 is 2.04 bits per heavy atom. The fraction of sp³-hybridized carbons (Fsp3) is 0.476. The Bertz CT molecular complexity index is 849. The second-order valence-electron chi connectivity index (χ2n) is 6.89. The fourth-order valence-electron chi connectivity index (χ4n) is 4.16. The summed E-state index contributed by atoms with van der Waals surface area (Å²) in [6.45, 7) is 0. The number of hydrogen-bond acceptors (Lipinski definition) is 6. The van der Waals surface area contributed by atoms with Crippen molar-refractivity contribution in [2.24, 2.45) is 0 Å². The minimum atomic E-state index is -0.674. The van der Waals surface area contributed by atoms with Crippen molar-refractivity contribution in [3.63, 3.8) is 0 Å². The Morgan fingerprint density at radius 2 is 1.48 bits per heavy atom. The highest BCUT2D eigenvalue weighted by atomic mass is 16.5. The normalized spacial score (nSPS) is 15.8. The molecule has 0 spiro atoms. The van der Waals surface area contributed by atoms with Crippen LogP contribution in [-0.2, 0) is 44.7 Å². The van der Waals surface area contributed by atoms with Crippen LogP contribution in [0.5, 0.6) is 0 Å². The molecule has 0 fully saturated rings. The van der Waals surface area contributed by atoms with Gasteiger partial charge in [-0.15, -0.1) is 0 Å². The standard InChI is InChI=1S/C21H24N2O4/c1-26-19(24)11-18(21(25)27-2)23-20-16-10-6-5-8-14(16)13-7-3-4-9-15(13)17(20)12-22/h11,23H,3-10H2,1-2H3/b18-11+. The van der Waals surface area contributed by atoms with Crippen molar-refractivity contribution in [2.45, 2.75) is 51.4 Å². The van der Waals surface area contributed by atoms with Crippen LogP contribution < -0.4 is 5.32 Å². The molecule has 0 unspecified atom stereocenters. The van der Waals surface area contributed by atoms with Crippen LogP contribution in [-0.4, -0.2) is 26.2 Å². The van der Waals surface area contributed by atoms with Gasteiger partial charge in [0.25, 0.3) is 0 Å². The molecule has 0 heterocycles. The number of fused-ring (bicyclic) bond motifs is 3. The molecule has 1 N–H and O–H groups in total. The summed E-state index contributed by atoms with van der Waals surface area (Å²) in [4.78, 5) is 23.9. The summed E-state index contributed by atoms with van der Waals surface area (Å²) in [7, 11) is 2.50. The summed E-state index contributed by atoms with van der Waals surface area (Å²) in [5.41, 5.74) is 6.05. The van der Waals surface area contributed by atoms with E-state index in [4.69, 9.17) is 4.74 Å². The van der Waals surface area contributed by atoms with Crippen LogP contribution in [0.25, 0.3) is 0 Å². The highest BCUT2D eigenvalue weighted by Crippen LogP contribution is 2.40. The lowest BCUT2D eigenvalue weighted by molar-refractivity contribution is -0.138. The number of carbonyl (C=O) groups excluding carboxylic acids is 2. The summed E-state index contributed by atoms with van der Waals surface area (Å²) in [5.74, 6) is -1.33. The molecule has 0 aliphatic heterocycles. The van der Waals surface area contributed by atoms with E-state index >= 15 is 0 Å². The average Bonchev–Trinajstić information content (AvgIpc) is 2.72. The van der Waals surface area contributed by atoms with Gasteiger partial charge in [0.1, 0.15) is 11.8 Å². The second-order valence-corrected chi connectivity index (χ2v) is 6.89. The second kappa shape index (κ2) is 8.26. The van der Waals surface area contributed by atoms with Crippen molar-refractivity contribution in [3.05, 3.63) is 39.6 Å². The first-order chi connectivity index (χ1) is 13.1. The van der Waals surface area contributed by atoms with Crippen LogP contribution in [0.1, 0.15) is 53.5 Å². The first kappa shape index (κ1) is 19.0. The average molecular weight is 368 g/mol. The van der Waals surface area contributed by atoms with Crippen molar-refractivity contribution in [1.82, 2.24) is 0 Å². The largest absolute Gasteiger partial charge is 0.466 e. The van der Waals surface area contributed by atoms with Gasteiger partial charge in [-0.25, -0.2) is 9.59 Å². The zero-order chi connectivity index (χ0) is 19.4. The molecule has 0 bridgehead atoms. The summed E-state index contributed by atoms with van der Waals surface area (Å²) < 4.78 is 9.44. The molecular formula is C21H24N2O4. The van der Waals surface area contributed by atoms with Gasteiger partial charge < -0.3 is 14.8 Å². The number of nitrogens with zero attached hydrogens (tertiary/aromatic N) is 1. The molecule has 27 heavy (non-hydrogen) atoms. The van der Waals surface area contributed by atoms with Gasteiger partial charge in [0.2, 0.25) is 0 Å². The number of ether oxygens (including phenoxy) is 2. The van der Waals surface area contributed by atoms with Gasteiger partial charge in [-0.05, 0) is 73.6 Å². The third kappa shape index (κ3) is 3.68. The predicted octanol–water partition coefficient (Wildman–Crippen LogP) is 2.96. The smallest absolute Gasteiger partial charge is 0.354 e. The van der Waals surface area contributed by atoms with E-state index in [0.717, 1.165) is 68.6 Å². The Hall–Kier alpha value is -2.81. The third-order valence-corrected chi connectivity index (χ3v) is 5.39. The quantitative estimate of drug-likeness (QED) is 0.649. The zero-order valence-electron chi connectivity index (χ0n) is 15.8. The minimum Gasteiger partial charge on any atom is -0.466 e. The van der Waals surface area contributed by atoms with Crippen LogP contribution in [0.15, 0.2) is 11.8 Å². The molecule has 142 valence electrons. The summed E-state index contributed by atoms with van der Waals surface area (Å²) >= 11 is 0. The highest BCUT2D eigenvalue weighted by Gasteiger charge is 2.28. The number of anilines is 1. The first-order valence-electron chi connectivity index (χ1n) is 9.35. The van der Waals surface area contributed by atoms with E-state index in [1.54, 1.807) is 0 Å². The van der Waals surface area contributed by atoms with Gasteiger partial charge >= 0.3 is 11.9 Å². The lowest BCUT2D eigenvalue weighted by atomic mass is 9.77. The molecule has 1 aromatic rings. The van der Waals surface area contributed by atoms with Crippen molar-refractivity contribution in [3.8, 4) is 6.07 Å². The van der Waals surface area contributed by atoms with Crippen molar-refractivity contribution in [1.29, 1.82) is 5.26 Å². The molecule has 0 radical (unpaired) electrons. The Labute approximate surface area is 159 Å². The number of benzene rings is 1. The summed E-state index contributed by atoms with van der Waals surface area (Å²) in [5, 5.41) is 13.0. The molecule has 6 heteroatoms. The van der Waals surface area contributed by atoms with E-state index in [9.17, 15) is 14.9 Å². The van der Waals surface area contributed by atoms with Gasteiger partial charge in [0, 0.05) is 0 Å². The maximum Gasteiger partial charge on any atom is 0.354 e. The number of nitrogens with one attached hydrogen (secondary N) is 1. The number of esters is 2. The van der Waals surface area contributed by atoms with E-state index in [0.29, 0.717) is 11.3 Å². The first-order valence-corrected chi connectivity index (χ1v) is 9.35. The van der Waals surface area contributed by atoms with Gasteiger partial charge in [-0.2, -0.15) is 5.26 Å². The van der Waals surface area contributed by atoms with Crippen LogP contribution in [0.3, 0.4) is 0 Å². The molecule has 6 nitrogen and oxygen atoms in total. The maximum atomic E-state index is 12.2. The molecule has 0 amide bonds. The Morgan fingerprint density at radius 1 is 0.926 bits per heavy atom. The third-order valence-electron chi connectivity index (χ3n) is 5.39. The van der Waals surface area contributed by atoms with Crippen LogP contribution in [0, 0.1) is 11.3 Å². The van der Waals surface area contributed by atoms with E-state index in [1.807, 2.05) is 0 Å². The van der Waals surface area contributed by atoms with E-state index < -0.39 is 11.9 Å². The molecule has 0 aromatic heterocycles. The van der Waals surface area contributed by atoms with Gasteiger partial charge in [-0.3, -0.25) is 0 Å². The van der Waals surface area contributed by atoms with E-state index in [-0.39, 0.29) is 5.70 Å². The summed E-state index contributed by atoms with van der Waals surface area (Å²) in [6.07, 6.45) is 9.17. The highest BCUT2D eigenvalue weighted by molar-refractivity contribution is 5.99. The number of carbonyl (C=O) groups is 2. The van der Waals surface area contributed by atoms with Crippen molar-refractivity contribution >= 4 is 17.6 Å². The lowest BCUT2D eigenvalue weighted by Crippen LogP contribution is -2.21. The number of nitriles is 1. The Balaban J connectivity index is 2.16. The molecule has 0 atom stereocenters. The minimum absolute atomic E-state index is 0.0237. The van der Waals surface area contributed by atoms with Crippen molar-refractivity contribution < 1.29 is 19.1 Å². The van der Waals surface area contributed by atoms with Crippen LogP contribution in [0.4, 0.5) is 5.69 Å². The van der Waals surface area contributed by atoms with E-state index in [2.05, 4.69) is 16.1 Å². The Kier molecular flexibility index (Phi) is 5.80. The SMILES string of the molecule is COC(=O)/C=C(/Nc1c(C#N)c2c(c3c1CCCC3)CCCC2)C(=O)OC. The zero-order valence-corrected chi connectivity index (χ0v) is 15.8. The topological polar surface area (TPSA) is 88.4 Å². The van der Waals surface area contributed by atoms with Gasteiger partial charge in [0.05, 0.1) is 31.5 Å². The molecular weight excluding hydrogens is 344 g/mol. The molecule has 0 saturated carbocycles. The number of methoxy groups -OCH3 is 2. The van der Waals surface area contributed by atoms with Crippen molar-refractivity contribution in [2.75, 3.05) is 19.5 Å². The molecule has 1 aromatic carbocycles. The number of hydrogen-bond donors (Lipinski definition) is 1. The molecule has 3 rings (SSSR count). The van der Waals surface area contributed by atoms with Gasteiger partial charge in [0.15, 0.2) is 0 Å². The number of rotatable bonds is 4. The predicted molar refractivity (Wildman–Crippen MR) is 100 cm³/mol. The van der Waals surface area contributed by atoms with E-state index in [1.165, 1.54) is 25.3 Å².